The maximum atomic E-state index is 5.84. The first-order valence-corrected chi connectivity index (χ1v) is 6.12. The zero-order chi connectivity index (χ0) is 10.8. The number of hydrogen-bond donors (Lipinski definition) is 1. The number of pyridine rings is 1. The van der Waals surface area contributed by atoms with E-state index < -0.39 is 0 Å². The van der Waals surface area contributed by atoms with Crippen LogP contribution in [-0.4, -0.2) is 22.9 Å². The van der Waals surface area contributed by atoms with Crippen LogP contribution in [0.2, 0.25) is 5.15 Å². The summed E-state index contributed by atoms with van der Waals surface area (Å²) in [6.07, 6.45) is 1.33. The summed E-state index contributed by atoms with van der Waals surface area (Å²) in [7, 11) is 0. The zero-order valence-electron chi connectivity index (χ0n) is 8.44. The lowest BCUT2D eigenvalue weighted by Gasteiger charge is -2.12. The molecule has 1 fully saturated rings. The standard InChI is InChI=1S/C10H13ClN2OS/c1-6-8(2-3-14-6)15-10-5-7(12)4-9(11)13-10/h4-6,8H,2-3H2,1H3,(H2,12,13). The van der Waals surface area contributed by atoms with Gasteiger partial charge in [-0.2, -0.15) is 0 Å². The topological polar surface area (TPSA) is 48.1 Å². The van der Waals surface area contributed by atoms with Gasteiger partial charge >= 0.3 is 0 Å². The van der Waals surface area contributed by atoms with E-state index in [1.807, 2.05) is 6.07 Å². The van der Waals surface area contributed by atoms with Gasteiger partial charge < -0.3 is 10.5 Å². The summed E-state index contributed by atoms with van der Waals surface area (Å²) in [5.41, 5.74) is 6.36. The molecule has 5 heteroatoms. The molecule has 2 rings (SSSR count). The van der Waals surface area contributed by atoms with Crippen LogP contribution in [0.1, 0.15) is 13.3 Å². The first-order valence-electron chi connectivity index (χ1n) is 4.86. The van der Waals surface area contributed by atoms with Gasteiger partial charge in [-0.15, -0.1) is 11.8 Å². The van der Waals surface area contributed by atoms with Crippen molar-refractivity contribution in [1.82, 2.24) is 4.98 Å². The second-order valence-corrected chi connectivity index (χ2v) is 5.23. The Balaban J connectivity index is 2.10. The minimum atomic E-state index is 0.275. The average molecular weight is 245 g/mol. The van der Waals surface area contributed by atoms with Crippen molar-refractivity contribution >= 4 is 29.1 Å². The third kappa shape index (κ3) is 2.77. The molecule has 1 aliphatic rings. The highest BCUT2D eigenvalue weighted by Crippen LogP contribution is 2.32. The van der Waals surface area contributed by atoms with E-state index in [1.165, 1.54) is 0 Å². The van der Waals surface area contributed by atoms with E-state index in [1.54, 1.807) is 17.8 Å². The Labute approximate surface area is 98.3 Å². The number of ether oxygens (including phenoxy) is 1. The molecule has 2 atom stereocenters. The molecular weight excluding hydrogens is 232 g/mol. The molecule has 1 aliphatic heterocycles. The van der Waals surface area contributed by atoms with Crippen molar-refractivity contribution in [3.05, 3.63) is 17.3 Å². The third-order valence-corrected chi connectivity index (χ3v) is 3.94. The lowest BCUT2D eigenvalue weighted by atomic mass is 10.3. The van der Waals surface area contributed by atoms with Crippen molar-refractivity contribution in [2.75, 3.05) is 12.3 Å². The summed E-state index contributed by atoms with van der Waals surface area (Å²) in [5.74, 6) is 0. The van der Waals surface area contributed by atoms with Crippen molar-refractivity contribution in [3.8, 4) is 0 Å². The minimum Gasteiger partial charge on any atom is -0.399 e. The number of halogens is 1. The number of hydrogen-bond acceptors (Lipinski definition) is 4. The number of aromatic nitrogens is 1. The van der Waals surface area contributed by atoms with Crippen molar-refractivity contribution in [1.29, 1.82) is 0 Å². The first kappa shape index (κ1) is 11.0. The Kier molecular flexibility index (Phi) is 3.38. The maximum Gasteiger partial charge on any atom is 0.132 e. The summed E-state index contributed by atoms with van der Waals surface area (Å²) < 4.78 is 5.49. The second-order valence-electron chi connectivity index (χ2n) is 3.58. The van der Waals surface area contributed by atoms with E-state index in [4.69, 9.17) is 22.1 Å². The lowest BCUT2D eigenvalue weighted by Crippen LogP contribution is -2.13. The van der Waals surface area contributed by atoms with Gasteiger partial charge in [0.15, 0.2) is 0 Å². The molecule has 0 amide bonds. The third-order valence-electron chi connectivity index (χ3n) is 2.37. The fraction of sp³-hybridized carbons (Fsp3) is 0.500. The van der Waals surface area contributed by atoms with Gasteiger partial charge in [-0.1, -0.05) is 11.6 Å². The molecule has 0 saturated carbocycles. The van der Waals surface area contributed by atoms with E-state index in [0.29, 0.717) is 16.1 Å². The molecule has 1 saturated heterocycles. The van der Waals surface area contributed by atoms with Crippen LogP contribution in [0.3, 0.4) is 0 Å². The summed E-state index contributed by atoms with van der Waals surface area (Å²) in [6, 6.07) is 3.50. The molecule has 1 aromatic rings. The smallest absolute Gasteiger partial charge is 0.132 e. The summed E-state index contributed by atoms with van der Waals surface area (Å²) in [4.78, 5) is 4.22. The SMILES string of the molecule is CC1OCCC1Sc1cc(N)cc(Cl)n1. The van der Waals surface area contributed by atoms with Crippen LogP contribution in [0.4, 0.5) is 5.69 Å². The van der Waals surface area contributed by atoms with Crippen molar-refractivity contribution < 1.29 is 4.74 Å². The number of thioether (sulfide) groups is 1. The molecule has 2 unspecified atom stereocenters. The van der Waals surface area contributed by atoms with E-state index in [-0.39, 0.29) is 6.10 Å². The Morgan fingerprint density at radius 1 is 1.60 bits per heavy atom. The number of nitrogens with zero attached hydrogens (tertiary/aromatic N) is 1. The molecule has 0 aromatic carbocycles. The first-order chi connectivity index (χ1) is 7.15. The molecule has 0 aliphatic carbocycles. The van der Waals surface area contributed by atoms with Crippen LogP contribution < -0.4 is 5.73 Å². The quantitative estimate of drug-likeness (QED) is 0.813. The molecule has 3 nitrogen and oxygen atoms in total. The average Bonchev–Trinajstić information content (AvgIpc) is 2.50. The van der Waals surface area contributed by atoms with Gasteiger partial charge in [0, 0.05) is 17.5 Å². The Bertz CT molecular complexity index is 341. The van der Waals surface area contributed by atoms with E-state index in [0.717, 1.165) is 18.1 Å². The van der Waals surface area contributed by atoms with E-state index in [2.05, 4.69) is 11.9 Å². The van der Waals surface area contributed by atoms with Crippen LogP contribution in [0, 0.1) is 0 Å². The fourth-order valence-electron chi connectivity index (χ4n) is 1.57. The molecule has 0 radical (unpaired) electrons. The van der Waals surface area contributed by atoms with Gasteiger partial charge in [0.1, 0.15) is 10.2 Å². The van der Waals surface area contributed by atoms with E-state index >= 15 is 0 Å². The van der Waals surface area contributed by atoms with Crippen molar-refractivity contribution in [3.63, 3.8) is 0 Å². The molecule has 2 N–H and O–H groups in total. The molecule has 15 heavy (non-hydrogen) atoms. The molecule has 82 valence electrons. The number of nitrogen functional groups attached to an aromatic ring is 1. The van der Waals surface area contributed by atoms with Crippen LogP contribution in [0.15, 0.2) is 17.2 Å². The number of anilines is 1. The predicted molar refractivity (Wildman–Crippen MR) is 63.3 cm³/mol. The Morgan fingerprint density at radius 2 is 2.40 bits per heavy atom. The lowest BCUT2D eigenvalue weighted by molar-refractivity contribution is 0.127. The van der Waals surface area contributed by atoms with Crippen LogP contribution in [-0.2, 0) is 4.74 Å². The Morgan fingerprint density at radius 3 is 3.00 bits per heavy atom. The highest BCUT2D eigenvalue weighted by atomic mass is 35.5. The predicted octanol–water partition coefficient (Wildman–Crippen LogP) is 2.59. The molecular formula is C10H13ClN2OS. The summed E-state index contributed by atoms with van der Waals surface area (Å²) in [5, 5.41) is 1.78. The van der Waals surface area contributed by atoms with Gasteiger partial charge in [0.2, 0.25) is 0 Å². The van der Waals surface area contributed by atoms with E-state index in [9.17, 15) is 0 Å². The van der Waals surface area contributed by atoms with Gasteiger partial charge in [-0.05, 0) is 25.5 Å². The van der Waals surface area contributed by atoms with Gasteiger partial charge in [0.25, 0.3) is 0 Å². The van der Waals surface area contributed by atoms with Crippen LogP contribution in [0.25, 0.3) is 0 Å². The van der Waals surface area contributed by atoms with Gasteiger partial charge in [-0.3, -0.25) is 0 Å². The monoisotopic (exact) mass is 244 g/mol. The summed E-state index contributed by atoms with van der Waals surface area (Å²) >= 11 is 7.52. The second kappa shape index (κ2) is 4.60. The minimum absolute atomic E-state index is 0.275. The number of rotatable bonds is 2. The molecule has 0 spiro atoms. The van der Waals surface area contributed by atoms with Crippen LogP contribution in [0.5, 0.6) is 0 Å². The normalized spacial score (nSPS) is 25.7. The van der Waals surface area contributed by atoms with Crippen molar-refractivity contribution in [2.45, 2.75) is 29.7 Å². The van der Waals surface area contributed by atoms with Crippen LogP contribution >= 0.6 is 23.4 Å². The molecule has 1 aromatic heterocycles. The zero-order valence-corrected chi connectivity index (χ0v) is 10.0. The number of nitrogens with two attached hydrogens (primary N) is 1. The fourth-order valence-corrected chi connectivity index (χ4v) is 2.99. The summed E-state index contributed by atoms with van der Waals surface area (Å²) in [6.45, 7) is 2.91. The maximum absolute atomic E-state index is 5.84. The molecule has 0 bridgehead atoms. The highest BCUT2D eigenvalue weighted by molar-refractivity contribution is 7.99. The highest BCUT2D eigenvalue weighted by Gasteiger charge is 2.25. The van der Waals surface area contributed by atoms with Gasteiger partial charge in [0.05, 0.1) is 6.10 Å². The largest absolute Gasteiger partial charge is 0.399 e. The van der Waals surface area contributed by atoms with Crippen molar-refractivity contribution in [2.24, 2.45) is 0 Å². The van der Waals surface area contributed by atoms with Gasteiger partial charge in [-0.25, -0.2) is 4.98 Å². The Hall–Kier alpha value is -0.450. The molecule has 2 heterocycles.